The van der Waals surface area contributed by atoms with E-state index in [1.165, 1.54) is 0 Å². The number of hydrogen-bond acceptors (Lipinski definition) is 5. The first kappa shape index (κ1) is 23.1. The fraction of sp³-hybridized carbons (Fsp3) is 0.0323. The van der Waals surface area contributed by atoms with Crippen molar-refractivity contribution in [2.24, 2.45) is 0 Å². The van der Waals surface area contributed by atoms with Gasteiger partial charge in [-0.25, -0.2) is 0 Å². The van der Waals surface area contributed by atoms with Crippen LogP contribution in [0.25, 0.3) is 21.8 Å². The van der Waals surface area contributed by atoms with E-state index in [0.717, 1.165) is 0 Å². The van der Waals surface area contributed by atoms with Crippen molar-refractivity contribution in [2.75, 3.05) is 0 Å². The maximum atomic E-state index is 13.5. The summed E-state index contributed by atoms with van der Waals surface area (Å²) in [5.41, 5.74) is 0.115. The van der Waals surface area contributed by atoms with Crippen LogP contribution in [0.1, 0.15) is 22.6 Å². The quantitative estimate of drug-likeness (QED) is 0.240. The molecule has 6 aromatic rings. The number of rotatable bonds is 5. The molecule has 0 saturated carbocycles. The van der Waals surface area contributed by atoms with Gasteiger partial charge in [0.05, 0.1) is 28.1 Å². The molecule has 0 amide bonds. The van der Waals surface area contributed by atoms with Crippen LogP contribution in [0.4, 0.5) is 0 Å². The van der Waals surface area contributed by atoms with Crippen molar-refractivity contribution in [3.8, 4) is 23.0 Å². The van der Waals surface area contributed by atoms with Crippen LogP contribution in [0.5, 0.6) is 23.0 Å². The molecule has 6 rings (SSSR count). The van der Waals surface area contributed by atoms with Crippen LogP contribution < -0.4 is 15.9 Å². The van der Waals surface area contributed by atoms with Gasteiger partial charge in [0.15, 0.2) is 0 Å². The molecule has 0 fully saturated rings. The van der Waals surface area contributed by atoms with E-state index in [0.29, 0.717) is 38.9 Å². The number of aromatic hydroxyl groups is 2. The predicted molar refractivity (Wildman–Crippen MR) is 146 cm³/mol. The van der Waals surface area contributed by atoms with Crippen molar-refractivity contribution >= 4 is 21.8 Å². The molecule has 2 heterocycles. The molecule has 38 heavy (non-hydrogen) atoms. The lowest BCUT2D eigenvalue weighted by Crippen LogP contribution is -2.24. The maximum absolute atomic E-state index is 13.5. The van der Waals surface area contributed by atoms with Crippen molar-refractivity contribution in [3.63, 3.8) is 0 Å². The van der Waals surface area contributed by atoms with Crippen LogP contribution >= 0.6 is 0 Å². The third-order valence-corrected chi connectivity index (χ3v) is 6.61. The molecule has 0 aliphatic carbocycles. The monoisotopic (exact) mass is 502 g/mol. The van der Waals surface area contributed by atoms with Crippen LogP contribution in [0, 0.1) is 0 Å². The first-order valence-corrected chi connectivity index (χ1v) is 12.0. The molecule has 4 N–H and O–H groups in total. The largest absolute Gasteiger partial charge is 0.507 e. The Kier molecular flexibility index (Phi) is 5.65. The highest BCUT2D eigenvalue weighted by molar-refractivity contribution is 5.88. The van der Waals surface area contributed by atoms with Crippen LogP contribution in [0.15, 0.2) is 113 Å². The average Bonchev–Trinajstić information content (AvgIpc) is 2.93. The highest BCUT2D eigenvalue weighted by Crippen LogP contribution is 2.42. The number of aromatic nitrogens is 2. The summed E-state index contributed by atoms with van der Waals surface area (Å²) < 4.78 is 6.01. The number of benzene rings is 4. The maximum Gasteiger partial charge on any atom is 0.256 e. The lowest BCUT2D eigenvalue weighted by molar-refractivity contribution is 0.461. The molecule has 0 aliphatic rings. The Morgan fingerprint density at radius 1 is 0.579 bits per heavy atom. The van der Waals surface area contributed by atoms with Crippen molar-refractivity contribution < 1.29 is 14.9 Å². The van der Waals surface area contributed by atoms with Gasteiger partial charge in [0, 0.05) is 10.8 Å². The number of para-hydroxylation sites is 3. The van der Waals surface area contributed by atoms with Gasteiger partial charge in [-0.05, 0) is 54.1 Å². The topological polar surface area (TPSA) is 115 Å². The number of ether oxygens (including phenoxy) is 1. The second-order valence-corrected chi connectivity index (χ2v) is 8.94. The second kappa shape index (κ2) is 9.29. The number of aromatic amines is 2. The molecule has 0 aliphatic heterocycles. The van der Waals surface area contributed by atoms with E-state index in [4.69, 9.17) is 4.74 Å². The first-order valence-electron chi connectivity index (χ1n) is 12.0. The Labute approximate surface area is 216 Å². The third-order valence-electron chi connectivity index (χ3n) is 6.61. The fourth-order valence-electron chi connectivity index (χ4n) is 4.88. The molecule has 0 bridgehead atoms. The van der Waals surface area contributed by atoms with Crippen LogP contribution in [0.3, 0.4) is 0 Å². The van der Waals surface area contributed by atoms with Crippen LogP contribution in [-0.2, 0) is 0 Å². The van der Waals surface area contributed by atoms with Gasteiger partial charge in [-0.1, -0.05) is 54.6 Å². The zero-order chi connectivity index (χ0) is 26.2. The van der Waals surface area contributed by atoms with Crippen molar-refractivity contribution in [1.82, 2.24) is 9.97 Å². The summed E-state index contributed by atoms with van der Waals surface area (Å²) in [6, 6.07) is 29.8. The van der Waals surface area contributed by atoms with E-state index >= 15 is 0 Å². The molecule has 0 atom stereocenters. The molecular formula is C31H22N2O5. The predicted octanol–water partition coefficient (Wildman–Crippen LogP) is 5.75. The van der Waals surface area contributed by atoms with Crippen molar-refractivity contribution in [1.29, 1.82) is 0 Å². The van der Waals surface area contributed by atoms with E-state index in [2.05, 4.69) is 9.97 Å². The number of hydrogen-bond donors (Lipinski definition) is 4. The smallest absolute Gasteiger partial charge is 0.256 e. The molecule has 7 heteroatoms. The van der Waals surface area contributed by atoms with Crippen LogP contribution in [0.2, 0.25) is 0 Å². The number of pyridine rings is 2. The van der Waals surface area contributed by atoms with E-state index in [1.54, 1.807) is 72.8 Å². The van der Waals surface area contributed by atoms with Gasteiger partial charge < -0.3 is 24.9 Å². The fourth-order valence-corrected chi connectivity index (χ4v) is 4.88. The normalized spacial score (nSPS) is 11.3. The Balaban J connectivity index is 1.64. The number of nitrogens with one attached hydrogen (secondary N) is 2. The number of H-pyrrole nitrogens is 2. The minimum absolute atomic E-state index is 0.0587. The summed E-state index contributed by atoms with van der Waals surface area (Å²) in [5, 5.41) is 23.6. The molecule has 4 aromatic carbocycles. The number of fused-ring (bicyclic) bond motifs is 2. The highest BCUT2D eigenvalue weighted by Gasteiger charge is 2.31. The Morgan fingerprint density at radius 2 is 1.08 bits per heavy atom. The highest BCUT2D eigenvalue weighted by atomic mass is 16.5. The Morgan fingerprint density at radius 3 is 1.66 bits per heavy atom. The summed E-state index contributed by atoms with van der Waals surface area (Å²) in [5.74, 6) is -0.575. The molecule has 0 unspecified atom stereocenters. The van der Waals surface area contributed by atoms with E-state index < -0.39 is 17.0 Å². The van der Waals surface area contributed by atoms with Crippen molar-refractivity contribution in [3.05, 3.63) is 141 Å². The zero-order valence-corrected chi connectivity index (χ0v) is 20.0. The molecular weight excluding hydrogens is 480 g/mol. The molecule has 0 spiro atoms. The van der Waals surface area contributed by atoms with Crippen molar-refractivity contribution in [2.45, 2.75) is 5.92 Å². The van der Waals surface area contributed by atoms with Gasteiger partial charge in [0.1, 0.15) is 23.0 Å². The first-order chi connectivity index (χ1) is 18.5. The standard InChI is InChI=1S/C31H22N2O5/c34-28-21-13-4-6-15-23(21)32-30(36)26(28)25(27-29(35)22-14-5-7-16-24(22)33-31(27)37)18-9-8-12-20(17-18)38-19-10-2-1-3-11-19/h1-17,25H,(H2,32,34,36)(H2,33,35,37). The Hall–Kier alpha value is -5.30. The SMILES string of the molecule is O=c1[nH]c2ccccc2c(O)c1C(c1cccc(Oc2ccccc2)c1)c1c(O)c2ccccc2[nH]c1=O. The van der Waals surface area contributed by atoms with Gasteiger partial charge in [-0.2, -0.15) is 0 Å². The summed E-state index contributed by atoms with van der Waals surface area (Å²) in [6.45, 7) is 0. The van der Waals surface area contributed by atoms with E-state index in [-0.39, 0.29) is 22.6 Å². The summed E-state index contributed by atoms with van der Waals surface area (Å²) in [6.07, 6.45) is 0. The zero-order valence-electron chi connectivity index (χ0n) is 20.0. The molecule has 7 nitrogen and oxygen atoms in total. The van der Waals surface area contributed by atoms with E-state index in [1.807, 2.05) is 30.3 Å². The van der Waals surface area contributed by atoms with Crippen LogP contribution in [-0.4, -0.2) is 20.2 Å². The van der Waals surface area contributed by atoms with Gasteiger partial charge in [-0.3, -0.25) is 9.59 Å². The summed E-state index contributed by atoms with van der Waals surface area (Å²) >= 11 is 0. The van der Waals surface area contributed by atoms with Gasteiger partial charge in [0.2, 0.25) is 0 Å². The average molecular weight is 503 g/mol. The lowest BCUT2D eigenvalue weighted by atomic mass is 9.84. The molecule has 186 valence electrons. The summed E-state index contributed by atoms with van der Waals surface area (Å²) in [7, 11) is 0. The summed E-state index contributed by atoms with van der Waals surface area (Å²) in [4.78, 5) is 32.5. The third kappa shape index (κ3) is 3.96. The minimum atomic E-state index is -1.11. The molecule has 2 aromatic heterocycles. The lowest BCUT2D eigenvalue weighted by Gasteiger charge is -2.21. The Bertz CT molecular complexity index is 1830. The van der Waals surface area contributed by atoms with Gasteiger partial charge >= 0.3 is 0 Å². The van der Waals surface area contributed by atoms with Gasteiger partial charge in [0.25, 0.3) is 11.1 Å². The van der Waals surface area contributed by atoms with E-state index in [9.17, 15) is 19.8 Å². The molecule has 0 saturated heterocycles. The minimum Gasteiger partial charge on any atom is -0.507 e. The molecule has 0 radical (unpaired) electrons. The van der Waals surface area contributed by atoms with Gasteiger partial charge in [-0.15, -0.1) is 0 Å². The second-order valence-electron chi connectivity index (χ2n) is 8.94.